The molecule has 0 saturated carbocycles. The molecular formula is C15H15ClN4O2. The Morgan fingerprint density at radius 1 is 1.41 bits per heavy atom. The molecule has 1 fully saturated rings. The van der Waals surface area contributed by atoms with Gasteiger partial charge in [-0.2, -0.15) is 0 Å². The molecule has 7 heteroatoms. The van der Waals surface area contributed by atoms with Crippen molar-refractivity contribution in [1.82, 2.24) is 9.97 Å². The largest absolute Gasteiger partial charge is 0.488 e. The molecule has 2 aromatic rings. The Hall–Kier alpha value is -2.34. The highest BCUT2D eigenvalue weighted by atomic mass is 35.5. The Morgan fingerprint density at radius 2 is 2.27 bits per heavy atom. The van der Waals surface area contributed by atoms with E-state index < -0.39 is 5.91 Å². The fourth-order valence-corrected chi connectivity index (χ4v) is 2.57. The molecule has 22 heavy (non-hydrogen) atoms. The molecule has 6 nitrogen and oxygen atoms in total. The maximum absolute atomic E-state index is 11.2. The van der Waals surface area contributed by atoms with E-state index >= 15 is 0 Å². The first kappa shape index (κ1) is 14.6. The summed E-state index contributed by atoms with van der Waals surface area (Å²) in [4.78, 5) is 21.4. The normalized spacial score (nSPS) is 17.5. The first-order chi connectivity index (χ1) is 10.6. The van der Waals surface area contributed by atoms with Gasteiger partial charge in [0.1, 0.15) is 23.4 Å². The highest BCUT2D eigenvalue weighted by molar-refractivity contribution is 6.30. The number of anilines is 1. The van der Waals surface area contributed by atoms with Gasteiger partial charge in [-0.25, -0.2) is 4.98 Å². The third-order valence-corrected chi connectivity index (χ3v) is 3.68. The monoisotopic (exact) mass is 318 g/mol. The molecule has 0 radical (unpaired) electrons. The second-order valence-electron chi connectivity index (χ2n) is 5.06. The zero-order chi connectivity index (χ0) is 15.5. The van der Waals surface area contributed by atoms with E-state index in [1.165, 1.54) is 6.20 Å². The van der Waals surface area contributed by atoms with Gasteiger partial charge < -0.3 is 15.4 Å². The summed E-state index contributed by atoms with van der Waals surface area (Å²) in [7, 11) is 0. The van der Waals surface area contributed by atoms with Crippen LogP contribution < -0.4 is 15.4 Å². The summed E-state index contributed by atoms with van der Waals surface area (Å²) in [6.45, 7) is 1.45. The van der Waals surface area contributed by atoms with Gasteiger partial charge in [0.25, 0.3) is 5.91 Å². The molecule has 2 heterocycles. The number of halogens is 1. The lowest BCUT2D eigenvalue weighted by Crippen LogP contribution is -2.26. The molecule has 1 aromatic carbocycles. The second-order valence-corrected chi connectivity index (χ2v) is 5.50. The highest BCUT2D eigenvalue weighted by Crippen LogP contribution is 2.23. The topological polar surface area (TPSA) is 81.3 Å². The minimum Gasteiger partial charge on any atom is -0.488 e. The number of carbonyl (C=O) groups is 1. The molecule has 1 saturated heterocycles. The van der Waals surface area contributed by atoms with Gasteiger partial charge in [-0.1, -0.05) is 17.7 Å². The van der Waals surface area contributed by atoms with Crippen LogP contribution in [0.1, 0.15) is 16.9 Å². The van der Waals surface area contributed by atoms with E-state index in [4.69, 9.17) is 22.1 Å². The average molecular weight is 319 g/mol. The summed E-state index contributed by atoms with van der Waals surface area (Å²) in [5, 5.41) is 0.646. The summed E-state index contributed by atoms with van der Waals surface area (Å²) in [6, 6.07) is 7.33. The van der Waals surface area contributed by atoms with Crippen molar-refractivity contribution in [3.63, 3.8) is 0 Å². The Balaban J connectivity index is 1.67. The van der Waals surface area contributed by atoms with Crippen LogP contribution in [0.3, 0.4) is 0 Å². The molecular weight excluding hydrogens is 304 g/mol. The molecule has 1 amide bonds. The SMILES string of the molecule is NC(=O)c1cncc(N2CCC(Oc3cccc(Cl)c3)C2)n1. The van der Waals surface area contributed by atoms with E-state index in [0.717, 1.165) is 18.7 Å². The van der Waals surface area contributed by atoms with Crippen LogP contribution in [0.4, 0.5) is 5.82 Å². The predicted octanol–water partition coefficient (Wildman–Crippen LogP) is 1.89. The summed E-state index contributed by atoms with van der Waals surface area (Å²) in [5.74, 6) is 0.796. The van der Waals surface area contributed by atoms with Crippen LogP contribution in [-0.2, 0) is 0 Å². The molecule has 1 aromatic heterocycles. The quantitative estimate of drug-likeness (QED) is 0.931. The molecule has 0 aliphatic carbocycles. The van der Waals surface area contributed by atoms with Crippen LogP contribution in [0, 0.1) is 0 Å². The molecule has 1 unspecified atom stereocenters. The molecule has 2 N–H and O–H groups in total. The van der Waals surface area contributed by atoms with Gasteiger partial charge in [0.2, 0.25) is 0 Å². The van der Waals surface area contributed by atoms with Crippen LogP contribution in [0.25, 0.3) is 0 Å². The zero-order valence-corrected chi connectivity index (χ0v) is 12.5. The summed E-state index contributed by atoms with van der Waals surface area (Å²) in [6.07, 6.45) is 3.88. The van der Waals surface area contributed by atoms with Gasteiger partial charge in [-0.05, 0) is 18.2 Å². The summed E-state index contributed by atoms with van der Waals surface area (Å²) < 4.78 is 5.92. The van der Waals surface area contributed by atoms with Crippen molar-refractivity contribution in [3.05, 3.63) is 47.4 Å². The van der Waals surface area contributed by atoms with Crippen molar-refractivity contribution in [2.24, 2.45) is 5.73 Å². The van der Waals surface area contributed by atoms with Gasteiger partial charge in [-0.3, -0.25) is 9.78 Å². The minimum absolute atomic E-state index is 0.0394. The van der Waals surface area contributed by atoms with Gasteiger partial charge >= 0.3 is 0 Å². The predicted molar refractivity (Wildman–Crippen MR) is 83.2 cm³/mol. The minimum atomic E-state index is -0.583. The summed E-state index contributed by atoms with van der Waals surface area (Å²) >= 11 is 5.95. The van der Waals surface area contributed by atoms with Gasteiger partial charge in [0.05, 0.1) is 18.9 Å². The lowest BCUT2D eigenvalue weighted by Gasteiger charge is -2.18. The number of aromatic nitrogens is 2. The summed E-state index contributed by atoms with van der Waals surface area (Å²) in [5.41, 5.74) is 5.39. The number of hydrogen-bond acceptors (Lipinski definition) is 5. The second kappa shape index (κ2) is 6.19. The first-order valence-corrected chi connectivity index (χ1v) is 7.28. The standard InChI is InChI=1S/C15H15ClN4O2/c16-10-2-1-3-11(6-10)22-12-4-5-20(9-12)14-8-18-7-13(19-14)15(17)21/h1-3,6-8,12H,4-5,9H2,(H2,17,21). The van der Waals surface area contributed by atoms with Crippen LogP contribution in [-0.4, -0.2) is 35.1 Å². The van der Waals surface area contributed by atoms with Crippen LogP contribution >= 0.6 is 11.6 Å². The molecule has 3 rings (SSSR count). The van der Waals surface area contributed by atoms with Crippen molar-refractivity contribution < 1.29 is 9.53 Å². The number of amides is 1. The maximum atomic E-state index is 11.2. The molecule has 1 aliphatic heterocycles. The number of nitrogens with two attached hydrogens (primary N) is 1. The van der Waals surface area contributed by atoms with Crippen LogP contribution in [0.2, 0.25) is 5.02 Å². The lowest BCUT2D eigenvalue weighted by molar-refractivity contribution is 0.0995. The smallest absolute Gasteiger partial charge is 0.268 e. The number of carbonyl (C=O) groups excluding carboxylic acids is 1. The molecule has 1 aliphatic rings. The average Bonchev–Trinajstić information content (AvgIpc) is 2.96. The number of primary amides is 1. The van der Waals surface area contributed by atoms with Crippen molar-refractivity contribution >= 4 is 23.3 Å². The number of nitrogens with zero attached hydrogens (tertiary/aromatic N) is 3. The zero-order valence-electron chi connectivity index (χ0n) is 11.8. The number of benzene rings is 1. The van der Waals surface area contributed by atoms with Crippen LogP contribution in [0.5, 0.6) is 5.75 Å². The fourth-order valence-electron chi connectivity index (χ4n) is 2.39. The lowest BCUT2D eigenvalue weighted by atomic mass is 10.3. The Morgan fingerprint density at radius 3 is 3.05 bits per heavy atom. The van der Waals surface area contributed by atoms with E-state index in [0.29, 0.717) is 17.4 Å². The Labute approximate surface area is 132 Å². The molecule has 114 valence electrons. The molecule has 0 bridgehead atoms. The maximum Gasteiger partial charge on any atom is 0.268 e. The number of ether oxygens (including phenoxy) is 1. The van der Waals surface area contributed by atoms with Crippen molar-refractivity contribution in [2.45, 2.75) is 12.5 Å². The highest BCUT2D eigenvalue weighted by Gasteiger charge is 2.25. The van der Waals surface area contributed by atoms with E-state index in [1.807, 2.05) is 17.0 Å². The van der Waals surface area contributed by atoms with Crippen molar-refractivity contribution in [1.29, 1.82) is 0 Å². The van der Waals surface area contributed by atoms with Crippen molar-refractivity contribution in [3.8, 4) is 5.75 Å². The van der Waals surface area contributed by atoms with E-state index in [9.17, 15) is 4.79 Å². The third-order valence-electron chi connectivity index (χ3n) is 3.44. The fraction of sp³-hybridized carbons (Fsp3) is 0.267. The van der Waals surface area contributed by atoms with E-state index in [-0.39, 0.29) is 11.8 Å². The van der Waals surface area contributed by atoms with E-state index in [1.54, 1.807) is 18.3 Å². The Kier molecular flexibility index (Phi) is 4.11. The van der Waals surface area contributed by atoms with Gasteiger partial charge in [-0.15, -0.1) is 0 Å². The number of hydrogen-bond donors (Lipinski definition) is 1. The van der Waals surface area contributed by atoms with Crippen molar-refractivity contribution in [2.75, 3.05) is 18.0 Å². The number of rotatable bonds is 4. The third kappa shape index (κ3) is 3.28. The van der Waals surface area contributed by atoms with E-state index in [2.05, 4.69) is 9.97 Å². The van der Waals surface area contributed by atoms with Gasteiger partial charge in [0, 0.05) is 18.0 Å². The molecule has 1 atom stereocenters. The first-order valence-electron chi connectivity index (χ1n) is 6.91. The van der Waals surface area contributed by atoms with Gasteiger partial charge in [0.15, 0.2) is 0 Å². The Bertz CT molecular complexity index is 695. The van der Waals surface area contributed by atoms with Crippen LogP contribution in [0.15, 0.2) is 36.7 Å². The molecule has 0 spiro atoms.